The Morgan fingerprint density at radius 3 is 2.65 bits per heavy atom. The average Bonchev–Trinajstić information content (AvgIpc) is 2.38. The van der Waals surface area contributed by atoms with Crippen LogP contribution in [0.25, 0.3) is 0 Å². The van der Waals surface area contributed by atoms with E-state index in [1.165, 1.54) is 0 Å². The SMILES string of the molecule is CCCCC(CC)CNS(=O)(=O)Cc1cccc(N)c1. The number of nitrogen functional groups attached to an aromatic ring is 1. The van der Waals surface area contributed by atoms with E-state index in [2.05, 4.69) is 18.6 Å². The van der Waals surface area contributed by atoms with Crippen molar-refractivity contribution in [3.8, 4) is 0 Å². The quantitative estimate of drug-likeness (QED) is 0.689. The van der Waals surface area contributed by atoms with Crippen molar-refractivity contribution in [3.05, 3.63) is 29.8 Å². The molecule has 0 saturated heterocycles. The van der Waals surface area contributed by atoms with Crippen LogP contribution in [0, 0.1) is 5.92 Å². The molecular formula is C15H26N2O2S. The van der Waals surface area contributed by atoms with E-state index in [0.717, 1.165) is 31.2 Å². The summed E-state index contributed by atoms with van der Waals surface area (Å²) in [6.45, 7) is 4.78. The van der Waals surface area contributed by atoms with Crippen LogP contribution in [0.3, 0.4) is 0 Å². The van der Waals surface area contributed by atoms with E-state index in [-0.39, 0.29) is 5.75 Å². The highest BCUT2D eigenvalue weighted by Gasteiger charge is 2.14. The number of unbranched alkanes of at least 4 members (excludes halogenated alkanes) is 1. The maximum Gasteiger partial charge on any atom is 0.215 e. The van der Waals surface area contributed by atoms with E-state index >= 15 is 0 Å². The molecule has 0 aliphatic carbocycles. The Labute approximate surface area is 122 Å². The lowest BCUT2D eigenvalue weighted by atomic mass is 10.00. The topological polar surface area (TPSA) is 72.2 Å². The van der Waals surface area contributed by atoms with Gasteiger partial charge < -0.3 is 5.73 Å². The van der Waals surface area contributed by atoms with Gasteiger partial charge in [-0.2, -0.15) is 0 Å². The minimum Gasteiger partial charge on any atom is -0.399 e. The van der Waals surface area contributed by atoms with Crippen molar-refractivity contribution in [2.24, 2.45) is 5.92 Å². The summed E-state index contributed by atoms with van der Waals surface area (Å²) in [6, 6.07) is 7.01. The molecule has 0 aliphatic heterocycles. The highest BCUT2D eigenvalue weighted by molar-refractivity contribution is 7.88. The number of nitrogens with two attached hydrogens (primary N) is 1. The summed E-state index contributed by atoms with van der Waals surface area (Å²) in [5.74, 6) is 0.410. The second kappa shape index (κ2) is 8.27. The third-order valence-electron chi connectivity index (χ3n) is 3.44. The lowest BCUT2D eigenvalue weighted by Crippen LogP contribution is -2.30. The lowest BCUT2D eigenvalue weighted by Gasteiger charge is -2.15. The summed E-state index contributed by atoms with van der Waals surface area (Å²) in [5.41, 5.74) is 6.97. The van der Waals surface area contributed by atoms with Crippen LogP contribution >= 0.6 is 0 Å². The van der Waals surface area contributed by atoms with E-state index in [4.69, 9.17) is 5.73 Å². The molecule has 20 heavy (non-hydrogen) atoms. The van der Waals surface area contributed by atoms with Gasteiger partial charge >= 0.3 is 0 Å². The van der Waals surface area contributed by atoms with Crippen LogP contribution in [0.1, 0.15) is 45.1 Å². The van der Waals surface area contributed by atoms with Crippen molar-refractivity contribution < 1.29 is 8.42 Å². The maximum absolute atomic E-state index is 12.1. The van der Waals surface area contributed by atoms with Crippen molar-refractivity contribution in [1.82, 2.24) is 4.72 Å². The summed E-state index contributed by atoms with van der Waals surface area (Å²) in [5, 5.41) is 0. The molecular weight excluding hydrogens is 272 g/mol. The molecule has 4 nitrogen and oxygen atoms in total. The molecule has 0 aromatic heterocycles. The number of sulfonamides is 1. The number of anilines is 1. The molecule has 5 heteroatoms. The Morgan fingerprint density at radius 2 is 2.05 bits per heavy atom. The Hall–Kier alpha value is -1.07. The highest BCUT2D eigenvalue weighted by Crippen LogP contribution is 2.13. The molecule has 3 N–H and O–H groups in total. The van der Waals surface area contributed by atoms with Crippen LogP contribution < -0.4 is 10.5 Å². The van der Waals surface area contributed by atoms with E-state index in [1.807, 2.05) is 0 Å². The summed E-state index contributed by atoms with van der Waals surface area (Å²) in [6.07, 6.45) is 4.37. The number of rotatable bonds is 9. The Bertz CT molecular complexity index is 500. The van der Waals surface area contributed by atoms with Crippen LogP contribution in [-0.4, -0.2) is 15.0 Å². The largest absolute Gasteiger partial charge is 0.399 e. The van der Waals surface area contributed by atoms with E-state index < -0.39 is 10.0 Å². The van der Waals surface area contributed by atoms with Gasteiger partial charge in [-0.3, -0.25) is 0 Å². The van der Waals surface area contributed by atoms with Crippen molar-refractivity contribution in [3.63, 3.8) is 0 Å². The molecule has 1 aromatic rings. The van der Waals surface area contributed by atoms with E-state index in [9.17, 15) is 8.42 Å². The molecule has 0 heterocycles. The van der Waals surface area contributed by atoms with Crippen molar-refractivity contribution in [2.75, 3.05) is 12.3 Å². The fourth-order valence-corrected chi connectivity index (χ4v) is 3.35. The highest BCUT2D eigenvalue weighted by atomic mass is 32.2. The smallest absolute Gasteiger partial charge is 0.215 e. The molecule has 0 radical (unpaired) electrons. The van der Waals surface area contributed by atoms with Gasteiger partial charge in [0.25, 0.3) is 0 Å². The van der Waals surface area contributed by atoms with Crippen LogP contribution in [0.5, 0.6) is 0 Å². The van der Waals surface area contributed by atoms with Gasteiger partial charge in [0, 0.05) is 12.2 Å². The summed E-state index contributed by atoms with van der Waals surface area (Å²) >= 11 is 0. The first-order chi connectivity index (χ1) is 9.46. The maximum atomic E-state index is 12.1. The fourth-order valence-electron chi connectivity index (χ4n) is 2.14. The van der Waals surface area contributed by atoms with Gasteiger partial charge in [0.15, 0.2) is 0 Å². The van der Waals surface area contributed by atoms with Crippen molar-refractivity contribution in [2.45, 2.75) is 45.3 Å². The predicted octanol–water partition coefficient (Wildman–Crippen LogP) is 2.90. The second-order valence-corrected chi connectivity index (χ2v) is 7.08. The van der Waals surface area contributed by atoms with Crippen LogP contribution in [-0.2, 0) is 15.8 Å². The Kier molecular flexibility index (Phi) is 7.02. The number of hydrogen-bond acceptors (Lipinski definition) is 3. The van der Waals surface area contributed by atoms with Crippen molar-refractivity contribution in [1.29, 1.82) is 0 Å². The third kappa shape index (κ3) is 6.39. The molecule has 0 fully saturated rings. The molecule has 0 spiro atoms. The summed E-state index contributed by atoms with van der Waals surface area (Å²) < 4.78 is 26.8. The number of hydrogen-bond donors (Lipinski definition) is 2. The van der Waals surface area contributed by atoms with Gasteiger partial charge in [0.05, 0.1) is 5.75 Å². The van der Waals surface area contributed by atoms with E-state index in [1.54, 1.807) is 24.3 Å². The normalized spacial score (nSPS) is 13.3. The first-order valence-electron chi connectivity index (χ1n) is 7.28. The first kappa shape index (κ1) is 17.0. The number of nitrogens with one attached hydrogen (secondary N) is 1. The minimum absolute atomic E-state index is 0.0117. The predicted molar refractivity (Wildman–Crippen MR) is 84.8 cm³/mol. The van der Waals surface area contributed by atoms with Gasteiger partial charge in [0.2, 0.25) is 10.0 Å². The van der Waals surface area contributed by atoms with Gasteiger partial charge in [-0.25, -0.2) is 13.1 Å². The van der Waals surface area contributed by atoms with Crippen LogP contribution in [0.4, 0.5) is 5.69 Å². The Balaban J connectivity index is 2.52. The molecule has 0 amide bonds. The van der Waals surface area contributed by atoms with Gasteiger partial charge in [-0.1, -0.05) is 45.2 Å². The standard InChI is InChI=1S/C15H26N2O2S/c1-3-5-7-13(4-2)11-17-20(18,19)12-14-8-6-9-15(16)10-14/h6,8-10,13,17H,3-5,7,11-12,16H2,1-2H3. The molecule has 1 aromatic carbocycles. The second-order valence-electron chi connectivity index (χ2n) is 5.27. The van der Waals surface area contributed by atoms with Gasteiger partial charge in [0.1, 0.15) is 0 Å². The zero-order chi connectivity index (χ0) is 15.0. The summed E-state index contributed by atoms with van der Waals surface area (Å²) in [4.78, 5) is 0. The molecule has 0 aliphatic rings. The molecule has 0 saturated carbocycles. The van der Waals surface area contributed by atoms with Crippen LogP contribution in [0.15, 0.2) is 24.3 Å². The minimum atomic E-state index is -3.29. The Morgan fingerprint density at radius 1 is 1.30 bits per heavy atom. The third-order valence-corrected chi connectivity index (χ3v) is 4.76. The fraction of sp³-hybridized carbons (Fsp3) is 0.600. The molecule has 1 rings (SSSR count). The van der Waals surface area contributed by atoms with E-state index in [0.29, 0.717) is 18.2 Å². The first-order valence-corrected chi connectivity index (χ1v) is 8.93. The average molecular weight is 298 g/mol. The van der Waals surface area contributed by atoms with Crippen LogP contribution in [0.2, 0.25) is 0 Å². The molecule has 114 valence electrons. The molecule has 1 atom stereocenters. The lowest BCUT2D eigenvalue weighted by molar-refractivity contribution is 0.443. The zero-order valence-corrected chi connectivity index (χ0v) is 13.2. The van der Waals surface area contributed by atoms with Gasteiger partial charge in [-0.05, 0) is 30.0 Å². The summed E-state index contributed by atoms with van der Waals surface area (Å²) in [7, 11) is -3.29. The molecule has 0 bridgehead atoms. The molecule has 1 unspecified atom stereocenters. The number of benzene rings is 1. The van der Waals surface area contributed by atoms with Gasteiger partial charge in [-0.15, -0.1) is 0 Å². The van der Waals surface area contributed by atoms with Crippen molar-refractivity contribution >= 4 is 15.7 Å². The monoisotopic (exact) mass is 298 g/mol. The zero-order valence-electron chi connectivity index (χ0n) is 12.4.